The van der Waals surface area contributed by atoms with E-state index in [-0.39, 0.29) is 53.5 Å². The van der Waals surface area contributed by atoms with Crippen molar-refractivity contribution < 1.29 is 45.4 Å². The summed E-state index contributed by atoms with van der Waals surface area (Å²) >= 11 is 12.1. The lowest BCUT2D eigenvalue weighted by molar-refractivity contribution is -0.385. The van der Waals surface area contributed by atoms with Crippen LogP contribution in [-0.2, 0) is 40.1 Å². The Morgan fingerprint density at radius 2 is 1.64 bits per heavy atom. The number of nitrogens with one attached hydrogen (secondary N) is 1. The smallest absolute Gasteiger partial charge is 0.430 e. The SMILES string of the molecule is CCCc1cc2c(c(CCC)c1OCCCCN1C(=O)NC(C)(c3ccc(Cl)c(Cl)c3)C1=O)COC2(C(F)(F)F)C(F)(F)F. The van der Waals surface area contributed by atoms with Gasteiger partial charge in [-0.1, -0.05) is 56.0 Å². The number of alkyl halides is 6. The fourth-order valence-electron chi connectivity index (χ4n) is 5.79. The maximum absolute atomic E-state index is 14.0. The number of hydrogen-bond acceptors (Lipinski definition) is 4. The van der Waals surface area contributed by atoms with E-state index < -0.39 is 47.6 Å². The van der Waals surface area contributed by atoms with Gasteiger partial charge in [-0.05, 0) is 67.5 Å². The Balaban J connectivity index is 1.51. The number of imide groups is 1. The van der Waals surface area contributed by atoms with Crippen LogP contribution in [0.5, 0.6) is 5.75 Å². The Morgan fingerprint density at radius 3 is 2.23 bits per heavy atom. The number of halogens is 8. The molecule has 2 aliphatic rings. The van der Waals surface area contributed by atoms with Crippen LogP contribution in [0.25, 0.3) is 0 Å². The van der Waals surface area contributed by atoms with Gasteiger partial charge < -0.3 is 14.8 Å². The number of carbonyl (C=O) groups excluding carboxylic acids is 2. The highest BCUT2D eigenvalue weighted by Gasteiger charge is 2.76. The van der Waals surface area contributed by atoms with Crippen molar-refractivity contribution in [1.29, 1.82) is 0 Å². The van der Waals surface area contributed by atoms with Crippen LogP contribution in [0, 0.1) is 0 Å². The van der Waals surface area contributed by atoms with Gasteiger partial charge in [0.1, 0.15) is 11.3 Å². The number of carbonyl (C=O) groups is 2. The first kappa shape index (κ1) is 34.2. The summed E-state index contributed by atoms with van der Waals surface area (Å²) in [5.41, 5.74) is -5.87. The summed E-state index contributed by atoms with van der Waals surface area (Å²) < 4.78 is 94.8. The molecule has 2 aromatic carbocycles. The Hall–Kier alpha value is -2.70. The van der Waals surface area contributed by atoms with E-state index in [9.17, 15) is 35.9 Å². The Labute approximate surface area is 261 Å². The highest BCUT2D eigenvalue weighted by atomic mass is 35.5. The molecule has 0 aromatic heterocycles. The first-order valence-electron chi connectivity index (χ1n) is 14.2. The molecule has 2 heterocycles. The van der Waals surface area contributed by atoms with Crippen molar-refractivity contribution >= 4 is 35.1 Å². The summed E-state index contributed by atoms with van der Waals surface area (Å²) in [6.07, 6.45) is -9.46. The Bertz CT molecular complexity index is 1420. The summed E-state index contributed by atoms with van der Waals surface area (Å²) in [5.74, 6) is -0.216. The van der Waals surface area contributed by atoms with Gasteiger partial charge in [-0.25, -0.2) is 4.79 Å². The molecule has 242 valence electrons. The standard InChI is InChI=1S/C30H32Cl2F6N2O4/c1-4-8-17-14-21-20(16-44-28(21,29(33,34)35)30(36,37)38)19(9-5-2)24(17)43-13-7-6-12-40-25(41)27(3,39-26(40)42)18-10-11-22(31)23(32)15-18/h10-11,14-15H,4-9,12-13,16H2,1-3H3,(H,39,42). The van der Waals surface area contributed by atoms with Gasteiger partial charge in [0.25, 0.3) is 11.5 Å². The second kappa shape index (κ2) is 12.6. The molecule has 0 bridgehead atoms. The van der Waals surface area contributed by atoms with E-state index in [4.69, 9.17) is 27.9 Å². The largest absolute Gasteiger partial charge is 0.493 e. The minimum absolute atomic E-state index is 0.0600. The molecule has 0 spiro atoms. The molecule has 1 saturated heterocycles. The molecular formula is C30H32Cl2F6N2O4. The molecule has 3 amide bonds. The van der Waals surface area contributed by atoms with Gasteiger partial charge in [-0.15, -0.1) is 0 Å². The lowest BCUT2D eigenvalue weighted by Crippen LogP contribution is -2.53. The van der Waals surface area contributed by atoms with Crippen LogP contribution in [0.3, 0.4) is 0 Å². The maximum Gasteiger partial charge on any atom is 0.430 e. The number of hydrogen-bond donors (Lipinski definition) is 1. The van der Waals surface area contributed by atoms with Crippen LogP contribution in [-0.4, -0.2) is 42.3 Å². The summed E-state index contributed by atoms with van der Waals surface area (Å²) in [5, 5.41) is 3.22. The molecule has 6 nitrogen and oxygen atoms in total. The third kappa shape index (κ3) is 5.85. The van der Waals surface area contributed by atoms with Gasteiger partial charge in [0.05, 0.1) is 23.3 Å². The number of fused-ring (bicyclic) bond motifs is 1. The summed E-state index contributed by atoms with van der Waals surface area (Å²) in [7, 11) is 0. The predicted octanol–water partition coefficient (Wildman–Crippen LogP) is 8.37. The van der Waals surface area contributed by atoms with Crippen molar-refractivity contribution in [2.45, 2.75) is 89.4 Å². The van der Waals surface area contributed by atoms with E-state index in [2.05, 4.69) is 10.1 Å². The maximum atomic E-state index is 14.0. The molecule has 1 fully saturated rings. The van der Waals surface area contributed by atoms with E-state index in [1.807, 2.05) is 0 Å². The quantitative estimate of drug-likeness (QED) is 0.148. The number of amides is 3. The number of nitrogens with zero attached hydrogens (tertiary/aromatic N) is 1. The molecule has 2 aromatic rings. The second-order valence-electron chi connectivity index (χ2n) is 11.0. The number of urea groups is 1. The molecule has 2 aliphatic heterocycles. The van der Waals surface area contributed by atoms with Crippen LogP contribution in [0.1, 0.15) is 74.3 Å². The molecule has 1 N–H and O–H groups in total. The molecule has 44 heavy (non-hydrogen) atoms. The van der Waals surface area contributed by atoms with Crippen molar-refractivity contribution in [2.75, 3.05) is 13.2 Å². The lowest BCUT2D eigenvalue weighted by Gasteiger charge is -2.34. The van der Waals surface area contributed by atoms with Gasteiger partial charge in [-0.3, -0.25) is 9.69 Å². The topological polar surface area (TPSA) is 67.9 Å². The van der Waals surface area contributed by atoms with Crippen LogP contribution in [0.15, 0.2) is 24.3 Å². The van der Waals surface area contributed by atoms with Gasteiger partial charge in [-0.2, -0.15) is 26.3 Å². The summed E-state index contributed by atoms with van der Waals surface area (Å²) in [4.78, 5) is 27.0. The molecule has 1 atom stereocenters. The minimum Gasteiger partial charge on any atom is -0.493 e. The zero-order chi connectivity index (χ0) is 32.7. The first-order chi connectivity index (χ1) is 20.5. The van der Waals surface area contributed by atoms with Crippen LogP contribution < -0.4 is 10.1 Å². The van der Waals surface area contributed by atoms with Crippen LogP contribution >= 0.6 is 23.2 Å². The van der Waals surface area contributed by atoms with Gasteiger partial charge >= 0.3 is 18.4 Å². The second-order valence-corrected chi connectivity index (χ2v) is 11.8. The molecular weight excluding hydrogens is 637 g/mol. The lowest BCUT2D eigenvalue weighted by atomic mass is 9.84. The number of unbranched alkanes of at least 4 members (excludes halogenated alkanes) is 1. The molecule has 0 radical (unpaired) electrons. The van der Waals surface area contributed by atoms with Crippen molar-refractivity contribution in [1.82, 2.24) is 10.2 Å². The van der Waals surface area contributed by atoms with Crippen molar-refractivity contribution in [3.05, 3.63) is 62.1 Å². The van der Waals surface area contributed by atoms with Crippen molar-refractivity contribution in [3.63, 3.8) is 0 Å². The highest BCUT2D eigenvalue weighted by molar-refractivity contribution is 6.42. The molecule has 14 heteroatoms. The fraction of sp³-hybridized carbons (Fsp3) is 0.533. The number of rotatable bonds is 11. The van der Waals surface area contributed by atoms with Crippen molar-refractivity contribution in [3.8, 4) is 5.75 Å². The molecule has 4 rings (SSSR count). The van der Waals surface area contributed by atoms with Crippen LogP contribution in [0.4, 0.5) is 31.1 Å². The normalized spacial score (nSPS) is 19.8. The van der Waals surface area contributed by atoms with Gasteiger partial charge in [0, 0.05) is 17.7 Å². The van der Waals surface area contributed by atoms with E-state index in [0.717, 1.165) is 11.0 Å². The zero-order valence-corrected chi connectivity index (χ0v) is 25.8. The van der Waals surface area contributed by atoms with E-state index in [1.165, 1.54) is 12.1 Å². The fourth-order valence-corrected chi connectivity index (χ4v) is 6.08. The Morgan fingerprint density at radius 1 is 0.977 bits per heavy atom. The van der Waals surface area contributed by atoms with E-state index in [0.29, 0.717) is 36.3 Å². The summed E-state index contributed by atoms with van der Waals surface area (Å²) in [6, 6.07) is 4.98. The number of aryl methyl sites for hydroxylation is 1. The van der Waals surface area contributed by atoms with Crippen molar-refractivity contribution in [2.24, 2.45) is 0 Å². The molecule has 0 saturated carbocycles. The monoisotopic (exact) mass is 668 g/mol. The minimum atomic E-state index is -5.72. The molecule has 1 unspecified atom stereocenters. The van der Waals surface area contributed by atoms with E-state index in [1.54, 1.807) is 26.8 Å². The highest BCUT2D eigenvalue weighted by Crippen LogP contribution is 2.58. The Kier molecular flexibility index (Phi) is 9.78. The third-order valence-corrected chi connectivity index (χ3v) is 8.74. The summed E-state index contributed by atoms with van der Waals surface area (Å²) in [6.45, 7) is 4.36. The van der Waals surface area contributed by atoms with Crippen LogP contribution in [0.2, 0.25) is 10.0 Å². The van der Waals surface area contributed by atoms with Gasteiger partial charge in [0.15, 0.2) is 0 Å². The average Bonchev–Trinajstić information content (AvgIpc) is 3.43. The molecule has 0 aliphatic carbocycles. The zero-order valence-electron chi connectivity index (χ0n) is 24.3. The first-order valence-corrected chi connectivity index (χ1v) is 15.0. The average molecular weight is 669 g/mol. The number of benzene rings is 2. The number of ether oxygens (including phenoxy) is 2. The van der Waals surface area contributed by atoms with Gasteiger partial charge in [0.2, 0.25) is 0 Å². The van der Waals surface area contributed by atoms with E-state index >= 15 is 0 Å². The third-order valence-electron chi connectivity index (χ3n) is 8.00. The predicted molar refractivity (Wildman–Crippen MR) is 152 cm³/mol.